The normalized spacial score (nSPS) is 16.0. The third kappa shape index (κ3) is 2.86. The molecular weight excluding hydrogens is 328 g/mol. The molecule has 26 heavy (non-hydrogen) atoms. The van der Waals surface area contributed by atoms with Gasteiger partial charge in [-0.1, -0.05) is 30.3 Å². The molecule has 4 rings (SSSR count). The van der Waals surface area contributed by atoms with Gasteiger partial charge in [0.15, 0.2) is 5.78 Å². The predicted octanol–water partition coefficient (Wildman–Crippen LogP) is 3.95. The second-order valence-electron chi connectivity index (χ2n) is 6.14. The Morgan fingerprint density at radius 2 is 1.88 bits per heavy atom. The molecule has 0 spiro atoms. The fraction of sp³-hybridized carbons (Fsp3) is 0.150. The van der Waals surface area contributed by atoms with Crippen LogP contribution in [0.4, 0.5) is 5.95 Å². The molecule has 0 aliphatic carbocycles. The number of carbonyl (C=O) groups is 1. The number of anilines is 1. The van der Waals surface area contributed by atoms with Gasteiger partial charge < -0.3 is 10.1 Å². The zero-order valence-electron chi connectivity index (χ0n) is 14.5. The first-order chi connectivity index (χ1) is 12.6. The number of fused-ring (bicyclic) bond motifs is 1. The number of allylic oxidation sites excluding steroid dienone is 2. The number of benzene rings is 2. The molecule has 6 nitrogen and oxygen atoms in total. The number of para-hydroxylation sites is 1. The highest BCUT2D eigenvalue weighted by Crippen LogP contribution is 2.36. The van der Waals surface area contributed by atoms with Gasteiger partial charge in [0.1, 0.15) is 23.9 Å². The molecule has 6 heteroatoms. The van der Waals surface area contributed by atoms with Gasteiger partial charge in [0, 0.05) is 11.3 Å². The first-order valence-electron chi connectivity index (χ1n) is 8.34. The summed E-state index contributed by atoms with van der Waals surface area (Å²) < 4.78 is 7.67. The van der Waals surface area contributed by atoms with Crippen LogP contribution >= 0.6 is 0 Å². The van der Waals surface area contributed by atoms with Gasteiger partial charge in [-0.05, 0) is 43.7 Å². The molecule has 3 aromatic rings. The molecule has 0 saturated carbocycles. The second-order valence-corrected chi connectivity index (χ2v) is 6.14. The molecule has 2 aromatic carbocycles. The molecule has 1 atom stereocenters. The van der Waals surface area contributed by atoms with E-state index in [0.717, 1.165) is 17.0 Å². The summed E-state index contributed by atoms with van der Waals surface area (Å²) in [6.07, 6.45) is 1.48. The van der Waals surface area contributed by atoms with Crippen LogP contribution in [0.2, 0.25) is 0 Å². The highest BCUT2D eigenvalue weighted by Gasteiger charge is 2.31. The summed E-state index contributed by atoms with van der Waals surface area (Å²) in [4.78, 5) is 16.5. The number of Topliss-reactive ketones (excluding diaryl/α,β-unsaturated/α-hetero) is 1. The number of ether oxygens (including phenoxy) is 1. The highest BCUT2D eigenvalue weighted by atomic mass is 16.5. The zero-order valence-corrected chi connectivity index (χ0v) is 14.5. The zero-order chi connectivity index (χ0) is 18.1. The van der Waals surface area contributed by atoms with Crippen LogP contribution in [0.5, 0.6) is 11.5 Å². The van der Waals surface area contributed by atoms with Crippen molar-refractivity contribution in [3.8, 4) is 11.5 Å². The van der Waals surface area contributed by atoms with E-state index in [-0.39, 0.29) is 11.8 Å². The number of ketones is 1. The Hall–Kier alpha value is -3.41. The Morgan fingerprint density at radius 3 is 2.65 bits per heavy atom. The summed E-state index contributed by atoms with van der Waals surface area (Å²) in [6, 6.07) is 17.0. The maximum atomic E-state index is 12.3. The standard InChI is InChI=1S/C20H18N4O2/c1-13-18(14(2)25)19(24-20(23-13)21-12-22-24)15-7-6-10-17(11-15)26-16-8-4-3-5-9-16/h3-12,19H,1-2H3,(H,21,22,23)/t19-/m0/s1. The lowest BCUT2D eigenvalue weighted by Crippen LogP contribution is -2.27. The van der Waals surface area contributed by atoms with Crippen molar-refractivity contribution in [3.05, 3.63) is 77.8 Å². The second kappa shape index (κ2) is 6.48. The summed E-state index contributed by atoms with van der Waals surface area (Å²) in [5.41, 5.74) is 2.37. The Bertz CT molecular complexity index is 992. The van der Waals surface area contributed by atoms with Crippen molar-refractivity contribution in [2.75, 3.05) is 5.32 Å². The van der Waals surface area contributed by atoms with E-state index < -0.39 is 0 Å². The molecule has 1 aliphatic rings. The number of hydrogen-bond acceptors (Lipinski definition) is 5. The van der Waals surface area contributed by atoms with Crippen molar-refractivity contribution < 1.29 is 9.53 Å². The largest absolute Gasteiger partial charge is 0.457 e. The fourth-order valence-corrected chi connectivity index (χ4v) is 3.23. The maximum absolute atomic E-state index is 12.3. The predicted molar refractivity (Wildman–Crippen MR) is 98.1 cm³/mol. The van der Waals surface area contributed by atoms with Crippen molar-refractivity contribution in [2.45, 2.75) is 19.9 Å². The fourth-order valence-electron chi connectivity index (χ4n) is 3.23. The van der Waals surface area contributed by atoms with Crippen molar-refractivity contribution in [1.82, 2.24) is 14.8 Å². The maximum Gasteiger partial charge on any atom is 0.226 e. The smallest absolute Gasteiger partial charge is 0.226 e. The van der Waals surface area contributed by atoms with E-state index in [4.69, 9.17) is 4.74 Å². The van der Waals surface area contributed by atoms with Crippen LogP contribution in [0.25, 0.3) is 0 Å². The molecule has 130 valence electrons. The highest BCUT2D eigenvalue weighted by molar-refractivity contribution is 5.96. The summed E-state index contributed by atoms with van der Waals surface area (Å²) in [7, 11) is 0. The van der Waals surface area contributed by atoms with Gasteiger partial charge in [-0.3, -0.25) is 4.79 Å². The Balaban J connectivity index is 1.77. The summed E-state index contributed by atoms with van der Waals surface area (Å²) in [6.45, 7) is 3.45. The first-order valence-corrected chi connectivity index (χ1v) is 8.34. The molecule has 1 aliphatic heterocycles. The summed E-state index contributed by atoms with van der Waals surface area (Å²) in [5, 5.41) is 7.45. The number of carbonyl (C=O) groups excluding carboxylic acids is 1. The molecule has 0 fully saturated rings. The lowest BCUT2D eigenvalue weighted by molar-refractivity contribution is -0.114. The number of nitrogens with zero attached hydrogens (tertiary/aromatic N) is 3. The van der Waals surface area contributed by atoms with Gasteiger partial charge in [-0.25, -0.2) is 4.68 Å². The summed E-state index contributed by atoms with van der Waals surface area (Å²) >= 11 is 0. The number of rotatable bonds is 4. The van der Waals surface area contributed by atoms with E-state index in [1.54, 1.807) is 11.6 Å². The van der Waals surface area contributed by atoms with Gasteiger partial charge in [-0.15, -0.1) is 0 Å². The van der Waals surface area contributed by atoms with Crippen molar-refractivity contribution in [2.24, 2.45) is 0 Å². The Morgan fingerprint density at radius 1 is 1.12 bits per heavy atom. The molecule has 1 N–H and O–H groups in total. The molecule has 0 saturated heterocycles. The van der Waals surface area contributed by atoms with E-state index in [1.165, 1.54) is 6.33 Å². The van der Waals surface area contributed by atoms with E-state index in [0.29, 0.717) is 17.3 Å². The minimum Gasteiger partial charge on any atom is -0.457 e. The van der Waals surface area contributed by atoms with Gasteiger partial charge in [0.05, 0.1) is 0 Å². The lowest BCUT2D eigenvalue weighted by Gasteiger charge is -2.28. The minimum absolute atomic E-state index is 0.00414. The third-order valence-corrected chi connectivity index (χ3v) is 4.33. The minimum atomic E-state index is -0.342. The van der Waals surface area contributed by atoms with Crippen molar-refractivity contribution in [1.29, 1.82) is 0 Å². The van der Waals surface area contributed by atoms with Crippen molar-refractivity contribution in [3.63, 3.8) is 0 Å². The molecule has 0 radical (unpaired) electrons. The van der Waals surface area contributed by atoms with E-state index in [1.807, 2.05) is 61.5 Å². The van der Waals surface area contributed by atoms with Crippen LogP contribution in [0, 0.1) is 0 Å². The van der Waals surface area contributed by atoms with Gasteiger partial charge >= 0.3 is 0 Å². The van der Waals surface area contributed by atoms with Crippen LogP contribution in [0.1, 0.15) is 25.5 Å². The average Bonchev–Trinajstić information content (AvgIpc) is 3.09. The monoisotopic (exact) mass is 346 g/mol. The van der Waals surface area contributed by atoms with E-state index in [9.17, 15) is 4.79 Å². The topological polar surface area (TPSA) is 69.0 Å². The van der Waals surface area contributed by atoms with Crippen LogP contribution in [0.3, 0.4) is 0 Å². The number of aromatic nitrogens is 3. The van der Waals surface area contributed by atoms with Gasteiger partial charge in [0.25, 0.3) is 0 Å². The SMILES string of the molecule is CC(=O)C1=C(C)Nc2ncnn2[C@H]1c1cccc(Oc2ccccc2)c1. The van der Waals surface area contributed by atoms with Crippen molar-refractivity contribution >= 4 is 11.7 Å². The molecule has 2 heterocycles. The average molecular weight is 346 g/mol. The Labute approximate surface area is 151 Å². The van der Waals surface area contributed by atoms with Crippen LogP contribution in [-0.2, 0) is 4.79 Å². The molecule has 0 amide bonds. The number of nitrogens with one attached hydrogen (secondary N) is 1. The van der Waals surface area contributed by atoms with Gasteiger partial charge in [0.2, 0.25) is 5.95 Å². The molecule has 0 bridgehead atoms. The lowest BCUT2D eigenvalue weighted by atomic mass is 9.93. The van der Waals surface area contributed by atoms with Crippen LogP contribution in [0.15, 0.2) is 72.2 Å². The van der Waals surface area contributed by atoms with E-state index >= 15 is 0 Å². The van der Waals surface area contributed by atoms with Gasteiger partial charge in [-0.2, -0.15) is 10.1 Å². The third-order valence-electron chi connectivity index (χ3n) is 4.33. The van der Waals surface area contributed by atoms with Crippen LogP contribution in [-0.4, -0.2) is 20.5 Å². The van der Waals surface area contributed by atoms with Crippen LogP contribution < -0.4 is 10.1 Å². The summed E-state index contributed by atoms with van der Waals surface area (Å²) in [5.74, 6) is 2.08. The molecule has 0 unspecified atom stereocenters. The van der Waals surface area contributed by atoms with E-state index in [2.05, 4.69) is 15.4 Å². The first kappa shape index (κ1) is 16.1. The molecule has 1 aromatic heterocycles. The molecular formula is C20H18N4O2. The number of hydrogen-bond donors (Lipinski definition) is 1. The Kier molecular flexibility index (Phi) is 4.01. The quantitative estimate of drug-likeness (QED) is 0.775.